The van der Waals surface area contributed by atoms with Gasteiger partial charge in [-0.2, -0.15) is 5.11 Å². The first-order chi connectivity index (χ1) is 9.90. The molecule has 0 spiro atoms. The predicted molar refractivity (Wildman–Crippen MR) is 76.1 cm³/mol. The third kappa shape index (κ3) is 4.89. The smallest absolute Gasteiger partial charge is 0.744 e. The molecule has 0 heterocycles. The molecule has 0 aliphatic heterocycles. The monoisotopic (exact) mass is 328 g/mol. The van der Waals surface area contributed by atoms with Gasteiger partial charge < -0.3 is 9.66 Å². The van der Waals surface area contributed by atoms with E-state index >= 15 is 0 Å². The molecule has 0 unspecified atom stereocenters. The van der Waals surface area contributed by atoms with E-state index in [-0.39, 0.29) is 40.2 Å². The van der Waals surface area contributed by atoms with Gasteiger partial charge in [0.1, 0.15) is 21.6 Å². The Morgan fingerprint density at radius 2 is 1.73 bits per heavy atom. The molecule has 0 radical (unpaired) electrons. The number of hydrogen-bond acceptors (Lipinski definition) is 6. The molecule has 2 rings (SSSR count). The van der Waals surface area contributed by atoms with Crippen LogP contribution >= 0.6 is 0 Å². The molecule has 0 fully saturated rings. The Hall–Kier alpha value is -1.25. The van der Waals surface area contributed by atoms with E-state index in [0.717, 1.165) is 24.1 Å². The molecule has 0 aliphatic carbocycles. The summed E-state index contributed by atoms with van der Waals surface area (Å²) in [6.45, 7) is 1.97. The third-order valence-corrected chi connectivity index (χ3v) is 3.70. The number of rotatable bonds is 4. The molecule has 110 valence electrons. The number of nitrogens with zero attached hydrogens (tertiary/aromatic N) is 2. The van der Waals surface area contributed by atoms with Crippen LogP contribution in [0.4, 0.5) is 11.4 Å². The third-order valence-electron chi connectivity index (χ3n) is 2.85. The second kappa shape index (κ2) is 7.85. The Morgan fingerprint density at radius 1 is 1.09 bits per heavy atom. The van der Waals surface area contributed by atoms with E-state index in [0.29, 0.717) is 11.4 Å². The fourth-order valence-corrected chi connectivity index (χ4v) is 2.13. The number of aromatic hydroxyl groups is 1. The standard InChI is InChI=1S/C14H14N2O4S.Na/c1-2-10-3-8-13(14(17)9-10)16-15-11-4-6-12(7-5-11)21(18,19)20;/h3-9,17H,2H2,1H3,(H,18,19,20);/q;+1/p-1/b16-15+;. The molecule has 0 aliphatic rings. The van der Waals surface area contributed by atoms with Crippen LogP contribution in [0, 0.1) is 0 Å². The van der Waals surface area contributed by atoms with Crippen LogP contribution < -0.4 is 29.6 Å². The Labute approximate surface area is 151 Å². The second-order valence-corrected chi connectivity index (χ2v) is 5.70. The first-order valence-electron chi connectivity index (χ1n) is 6.20. The molecular formula is C14H13N2NaO4S. The molecule has 8 heteroatoms. The molecule has 22 heavy (non-hydrogen) atoms. The van der Waals surface area contributed by atoms with E-state index in [1.54, 1.807) is 12.1 Å². The maximum atomic E-state index is 10.8. The van der Waals surface area contributed by atoms with E-state index in [9.17, 15) is 18.1 Å². The van der Waals surface area contributed by atoms with Crippen molar-refractivity contribution in [2.45, 2.75) is 18.2 Å². The fourth-order valence-electron chi connectivity index (χ4n) is 1.66. The van der Waals surface area contributed by atoms with Crippen LogP contribution in [0.5, 0.6) is 5.75 Å². The van der Waals surface area contributed by atoms with Gasteiger partial charge in [-0.15, -0.1) is 5.11 Å². The average Bonchev–Trinajstić information content (AvgIpc) is 2.45. The van der Waals surface area contributed by atoms with Gasteiger partial charge in [0, 0.05) is 0 Å². The van der Waals surface area contributed by atoms with Crippen LogP contribution in [0.1, 0.15) is 12.5 Å². The summed E-state index contributed by atoms with van der Waals surface area (Å²) in [5.41, 5.74) is 1.67. The summed E-state index contributed by atoms with van der Waals surface area (Å²) in [5, 5.41) is 17.6. The molecular weight excluding hydrogens is 315 g/mol. The van der Waals surface area contributed by atoms with Gasteiger partial charge in [0.15, 0.2) is 0 Å². The van der Waals surface area contributed by atoms with Gasteiger partial charge in [0.05, 0.1) is 10.6 Å². The summed E-state index contributed by atoms with van der Waals surface area (Å²) < 4.78 is 32.4. The number of aryl methyl sites for hydroxylation is 1. The van der Waals surface area contributed by atoms with Crippen LogP contribution in [-0.4, -0.2) is 18.1 Å². The molecule has 0 saturated carbocycles. The van der Waals surface area contributed by atoms with Crippen molar-refractivity contribution in [3.05, 3.63) is 48.0 Å². The van der Waals surface area contributed by atoms with Crippen molar-refractivity contribution in [2.24, 2.45) is 10.2 Å². The average molecular weight is 328 g/mol. The zero-order valence-corrected chi connectivity index (χ0v) is 15.0. The van der Waals surface area contributed by atoms with Gasteiger partial charge in [0.25, 0.3) is 0 Å². The van der Waals surface area contributed by atoms with Crippen LogP contribution in [-0.2, 0) is 16.5 Å². The van der Waals surface area contributed by atoms with Gasteiger partial charge in [-0.25, -0.2) is 8.42 Å². The Balaban J connectivity index is 0.00000242. The number of benzene rings is 2. The zero-order chi connectivity index (χ0) is 15.5. The minimum Gasteiger partial charge on any atom is -0.744 e. The molecule has 2 aromatic carbocycles. The van der Waals surface area contributed by atoms with Crippen LogP contribution in [0.3, 0.4) is 0 Å². The van der Waals surface area contributed by atoms with Gasteiger partial charge >= 0.3 is 29.6 Å². The SMILES string of the molecule is CCc1ccc(/N=N/c2ccc(S(=O)(=O)[O-])cc2)c(O)c1.[Na+]. The van der Waals surface area contributed by atoms with Gasteiger partial charge in [-0.1, -0.05) is 13.0 Å². The van der Waals surface area contributed by atoms with Crippen LogP contribution in [0.15, 0.2) is 57.6 Å². The number of azo groups is 1. The summed E-state index contributed by atoms with van der Waals surface area (Å²) in [4.78, 5) is -0.323. The van der Waals surface area contributed by atoms with Gasteiger partial charge in [-0.3, -0.25) is 0 Å². The van der Waals surface area contributed by atoms with E-state index in [4.69, 9.17) is 0 Å². The molecule has 1 N–H and O–H groups in total. The van der Waals surface area contributed by atoms with Gasteiger partial charge in [-0.05, 0) is 48.4 Å². The minimum absolute atomic E-state index is 0. The molecule has 6 nitrogen and oxygen atoms in total. The number of phenolic OH excluding ortho intramolecular Hbond substituents is 1. The minimum atomic E-state index is -4.46. The molecule has 0 amide bonds. The van der Waals surface area contributed by atoms with E-state index in [1.165, 1.54) is 12.1 Å². The zero-order valence-electron chi connectivity index (χ0n) is 12.2. The Morgan fingerprint density at radius 3 is 2.23 bits per heavy atom. The first-order valence-corrected chi connectivity index (χ1v) is 7.60. The number of hydrogen-bond donors (Lipinski definition) is 1. The van der Waals surface area contributed by atoms with Crippen molar-refractivity contribution in [1.29, 1.82) is 0 Å². The van der Waals surface area contributed by atoms with Crippen molar-refractivity contribution in [1.82, 2.24) is 0 Å². The molecule has 2 aromatic rings. The van der Waals surface area contributed by atoms with E-state index < -0.39 is 10.1 Å². The second-order valence-electron chi connectivity index (χ2n) is 4.32. The normalized spacial score (nSPS) is 11.4. The van der Waals surface area contributed by atoms with Crippen molar-refractivity contribution in [2.75, 3.05) is 0 Å². The maximum Gasteiger partial charge on any atom is 1.00 e. The first kappa shape index (κ1) is 18.8. The molecule has 0 saturated heterocycles. The van der Waals surface area contributed by atoms with Crippen molar-refractivity contribution in [3.63, 3.8) is 0 Å². The largest absolute Gasteiger partial charge is 1.00 e. The van der Waals surface area contributed by atoms with Crippen LogP contribution in [0.2, 0.25) is 0 Å². The maximum absolute atomic E-state index is 10.8. The molecule has 0 bridgehead atoms. The van der Waals surface area contributed by atoms with Crippen LogP contribution in [0.25, 0.3) is 0 Å². The summed E-state index contributed by atoms with van der Waals surface area (Å²) in [6, 6.07) is 10.2. The summed E-state index contributed by atoms with van der Waals surface area (Å²) in [5.74, 6) is 0.0249. The van der Waals surface area contributed by atoms with Crippen molar-refractivity contribution in [3.8, 4) is 5.75 Å². The van der Waals surface area contributed by atoms with E-state index in [2.05, 4.69) is 10.2 Å². The topological polar surface area (TPSA) is 102 Å². The predicted octanol–water partition coefficient (Wildman–Crippen LogP) is 0.278. The molecule has 0 atom stereocenters. The Bertz CT molecular complexity index is 774. The summed E-state index contributed by atoms with van der Waals surface area (Å²) >= 11 is 0. The van der Waals surface area contributed by atoms with Gasteiger partial charge in [0.2, 0.25) is 0 Å². The van der Waals surface area contributed by atoms with Crippen molar-refractivity contribution < 1.29 is 47.6 Å². The molecule has 0 aromatic heterocycles. The Kier molecular flexibility index (Phi) is 6.70. The summed E-state index contributed by atoms with van der Waals surface area (Å²) in [7, 11) is -4.46. The number of phenols is 1. The quantitative estimate of drug-likeness (QED) is 0.494. The summed E-state index contributed by atoms with van der Waals surface area (Å²) in [6.07, 6.45) is 0.802. The van der Waals surface area contributed by atoms with Crippen molar-refractivity contribution >= 4 is 21.5 Å². The fraction of sp³-hybridized carbons (Fsp3) is 0.143. The van der Waals surface area contributed by atoms with E-state index in [1.807, 2.05) is 13.0 Å².